The summed E-state index contributed by atoms with van der Waals surface area (Å²) in [7, 11) is -0.283. The van der Waals surface area contributed by atoms with Crippen molar-refractivity contribution in [2.24, 2.45) is 11.8 Å². The minimum atomic E-state index is -1.99. The highest BCUT2D eigenvalue weighted by molar-refractivity contribution is 6.74. The van der Waals surface area contributed by atoms with E-state index in [1.165, 1.54) is 0 Å². The van der Waals surface area contributed by atoms with Gasteiger partial charge in [-0.25, -0.2) is 0 Å². The Balaban J connectivity index is 1.98. The smallest absolute Gasteiger partial charge is 0.195 e. The summed E-state index contributed by atoms with van der Waals surface area (Å²) in [5, 5.41) is 0.118. The molecule has 2 heterocycles. The normalized spacial score (nSPS) is 44.7. The molecule has 3 rings (SSSR count). The molecule has 5 heteroatoms. The molecule has 0 radical (unpaired) electrons. The summed E-state index contributed by atoms with van der Waals surface area (Å²) in [6.07, 6.45) is 2.23. The predicted molar refractivity (Wildman–Crippen MR) is 87.1 cm³/mol. The van der Waals surface area contributed by atoms with E-state index in [-0.39, 0.29) is 28.6 Å². The lowest BCUT2D eigenvalue weighted by Gasteiger charge is -2.45. The zero-order valence-corrected chi connectivity index (χ0v) is 16.0. The zero-order chi connectivity index (χ0) is 16.6. The van der Waals surface area contributed by atoms with Crippen LogP contribution in [0.15, 0.2) is 0 Å². The maximum atomic E-state index is 12.5. The molecule has 3 fully saturated rings. The van der Waals surface area contributed by atoms with Crippen molar-refractivity contribution in [1.29, 1.82) is 0 Å². The van der Waals surface area contributed by atoms with Crippen molar-refractivity contribution in [3.63, 3.8) is 0 Å². The van der Waals surface area contributed by atoms with Gasteiger partial charge in [-0.3, -0.25) is 4.79 Å². The Labute approximate surface area is 135 Å². The van der Waals surface area contributed by atoms with E-state index in [4.69, 9.17) is 13.9 Å². The molecule has 2 bridgehead atoms. The number of carbonyl (C=O) groups excluding carboxylic acids is 1. The van der Waals surface area contributed by atoms with Gasteiger partial charge in [0.2, 0.25) is 0 Å². The first-order valence-electron chi connectivity index (χ1n) is 8.42. The zero-order valence-electron chi connectivity index (χ0n) is 15.0. The molecule has 22 heavy (non-hydrogen) atoms. The van der Waals surface area contributed by atoms with Crippen molar-refractivity contribution in [2.75, 3.05) is 7.11 Å². The second kappa shape index (κ2) is 4.65. The van der Waals surface area contributed by atoms with Crippen LogP contribution in [-0.4, -0.2) is 38.7 Å². The summed E-state index contributed by atoms with van der Waals surface area (Å²) < 4.78 is 18.9. The van der Waals surface area contributed by atoms with Crippen LogP contribution in [0.3, 0.4) is 0 Å². The molecule has 5 atom stereocenters. The Kier molecular flexibility index (Phi) is 3.51. The van der Waals surface area contributed by atoms with Gasteiger partial charge in [-0.15, -0.1) is 0 Å². The fraction of sp³-hybridized carbons (Fsp3) is 0.941. The lowest BCUT2D eigenvalue weighted by molar-refractivity contribution is -0.200. The van der Waals surface area contributed by atoms with Gasteiger partial charge in [-0.1, -0.05) is 20.8 Å². The second-order valence-electron chi connectivity index (χ2n) is 9.04. The third-order valence-electron chi connectivity index (χ3n) is 6.59. The number of methoxy groups -OCH3 is 1. The summed E-state index contributed by atoms with van der Waals surface area (Å²) >= 11 is 0. The second-order valence-corrected chi connectivity index (χ2v) is 13.8. The van der Waals surface area contributed by atoms with Gasteiger partial charge in [0.05, 0.1) is 23.5 Å². The van der Waals surface area contributed by atoms with Crippen molar-refractivity contribution < 1.29 is 18.7 Å². The van der Waals surface area contributed by atoms with Crippen LogP contribution in [0.2, 0.25) is 18.1 Å². The molecule has 0 N–H and O–H groups in total. The third-order valence-corrected chi connectivity index (χ3v) is 11.1. The van der Waals surface area contributed by atoms with Gasteiger partial charge in [-0.05, 0) is 31.5 Å². The van der Waals surface area contributed by atoms with Crippen molar-refractivity contribution in [2.45, 2.75) is 82.6 Å². The highest BCUT2D eigenvalue weighted by Gasteiger charge is 2.73. The van der Waals surface area contributed by atoms with Gasteiger partial charge in [0.1, 0.15) is 5.78 Å². The van der Waals surface area contributed by atoms with Crippen LogP contribution in [0.4, 0.5) is 0 Å². The van der Waals surface area contributed by atoms with Crippen molar-refractivity contribution in [3.05, 3.63) is 0 Å². The largest absolute Gasteiger partial charge is 0.390 e. The van der Waals surface area contributed by atoms with E-state index in [2.05, 4.69) is 40.8 Å². The van der Waals surface area contributed by atoms with Crippen molar-refractivity contribution in [1.82, 2.24) is 0 Å². The molecule has 3 aliphatic rings. The Hall–Kier alpha value is -0.233. The lowest BCUT2D eigenvalue weighted by Crippen LogP contribution is -2.54. The van der Waals surface area contributed by atoms with E-state index in [1.54, 1.807) is 7.11 Å². The maximum Gasteiger partial charge on any atom is 0.195 e. The minimum Gasteiger partial charge on any atom is -0.390 e. The molecule has 4 nitrogen and oxygen atoms in total. The van der Waals surface area contributed by atoms with Crippen LogP contribution < -0.4 is 0 Å². The Morgan fingerprint density at radius 2 is 1.91 bits per heavy atom. The molecule has 2 saturated heterocycles. The first-order chi connectivity index (χ1) is 9.96. The predicted octanol–water partition coefficient (Wildman–Crippen LogP) is 3.51. The molecule has 1 aliphatic carbocycles. The van der Waals surface area contributed by atoms with Crippen LogP contribution in [0.5, 0.6) is 0 Å². The monoisotopic (exact) mass is 326 g/mol. The SMILES string of the molecule is CO[C@@H]1CC(=O)[C@@H]2[C@H]1[C@@]1(O[Si](C)(C)C(C)(C)C)CC[C@]2(C)O1. The molecular formula is C17H30O4Si. The number of hydrogen-bond acceptors (Lipinski definition) is 4. The van der Waals surface area contributed by atoms with E-state index in [1.807, 2.05) is 0 Å². The molecular weight excluding hydrogens is 296 g/mol. The molecule has 0 aromatic heterocycles. The maximum absolute atomic E-state index is 12.5. The first kappa shape index (κ1) is 16.6. The number of hydrogen-bond donors (Lipinski definition) is 0. The Bertz CT molecular complexity index is 497. The molecule has 0 aromatic rings. The fourth-order valence-corrected chi connectivity index (χ4v) is 5.90. The van der Waals surface area contributed by atoms with E-state index in [9.17, 15) is 4.79 Å². The number of ether oxygens (including phenoxy) is 2. The summed E-state index contributed by atoms with van der Waals surface area (Å²) in [6.45, 7) is 13.3. The summed E-state index contributed by atoms with van der Waals surface area (Å²) in [5.74, 6) is -0.330. The van der Waals surface area contributed by atoms with Gasteiger partial charge in [0, 0.05) is 20.0 Å². The van der Waals surface area contributed by atoms with Crippen LogP contribution in [0.25, 0.3) is 0 Å². The van der Waals surface area contributed by atoms with Gasteiger partial charge in [0.25, 0.3) is 0 Å². The summed E-state index contributed by atoms with van der Waals surface area (Å²) in [6, 6.07) is 0. The van der Waals surface area contributed by atoms with Gasteiger partial charge >= 0.3 is 0 Å². The number of ketones is 1. The van der Waals surface area contributed by atoms with Gasteiger partial charge in [-0.2, -0.15) is 0 Å². The summed E-state index contributed by atoms with van der Waals surface area (Å²) in [5.41, 5.74) is -0.364. The van der Waals surface area contributed by atoms with Crippen LogP contribution in [0, 0.1) is 11.8 Å². The van der Waals surface area contributed by atoms with Crippen LogP contribution in [-0.2, 0) is 18.7 Å². The molecule has 0 unspecified atom stereocenters. The number of rotatable bonds is 3. The Morgan fingerprint density at radius 3 is 2.45 bits per heavy atom. The Morgan fingerprint density at radius 1 is 1.27 bits per heavy atom. The number of fused-ring (bicyclic) bond motifs is 5. The van der Waals surface area contributed by atoms with E-state index in [0.29, 0.717) is 12.2 Å². The van der Waals surface area contributed by atoms with Gasteiger partial charge in [0.15, 0.2) is 14.1 Å². The standard InChI is InChI=1S/C17H30O4Si/c1-15(2,3)22(6,7)21-17-9-8-16(4,20-17)13-11(18)10-12(19-5)14(13)17/h12-14H,8-10H2,1-7H3/t12-,13-,14+,16+,17+/m1/s1. The molecule has 1 saturated carbocycles. The number of carbonyl (C=O) groups is 1. The highest BCUT2D eigenvalue weighted by atomic mass is 28.4. The lowest BCUT2D eigenvalue weighted by atomic mass is 9.72. The average molecular weight is 327 g/mol. The van der Waals surface area contributed by atoms with Crippen molar-refractivity contribution >= 4 is 14.1 Å². The van der Waals surface area contributed by atoms with Crippen LogP contribution in [0.1, 0.15) is 47.0 Å². The van der Waals surface area contributed by atoms with E-state index in [0.717, 1.165) is 12.8 Å². The van der Waals surface area contributed by atoms with Crippen LogP contribution >= 0.6 is 0 Å². The van der Waals surface area contributed by atoms with E-state index >= 15 is 0 Å². The van der Waals surface area contributed by atoms with Gasteiger partial charge < -0.3 is 13.9 Å². The highest BCUT2D eigenvalue weighted by Crippen LogP contribution is 2.64. The molecule has 0 spiro atoms. The quantitative estimate of drug-likeness (QED) is 0.745. The molecule has 2 aliphatic heterocycles. The van der Waals surface area contributed by atoms with Crippen molar-refractivity contribution in [3.8, 4) is 0 Å². The minimum absolute atomic E-state index is 0.0536. The number of Topliss-reactive ketones (excluding diaryl/α,β-unsaturated/α-hetero) is 1. The molecule has 126 valence electrons. The average Bonchev–Trinajstić information content (AvgIpc) is 2.94. The third kappa shape index (κ3) is 2.09. The first-order valence-corrected chi connectivity index (χ1v) is 11.3. The molecule has 0 aromatic carbocycles. The summed E-state index contributed by atoms with van der Waals surface area (Å²) in [4.78, 5) is 12.5. The van der Waals surface area contributed by atoms with E-state index < -0.39 is 14.1 Å². The molecule has 0 amide bonds. The fourth-order valence-electron chi connectivity index (χ4n) is 4.45. The topological polar surface area (TPSA) is 44.8 Å².